The Kier molecular flexibility index (Phi) is 5.83. The first kappa shape index (κ1) is 15.5. The number of hydrogen-bond acceptors (Lipinski definition) is 3. The van der Waals surface area contributed by atoms with E-state index in [2.05, 4.69) is 25.3 Å². The first-order chi connectivity index (χ1) is 8.97. The molecule has 4 heteroatoms. The molecule has 1 rings (SSSR count). The second-order valence-electron chi connectivity index (χ2n) is 5.14. The number of benzene rings is 1. The van der Waals surface area contributed by atoms with Crippen molar-refractivity contribution in [2.24, 2.45) is 5.84 Å². The van der Waals surface area contributed by atoms with Crippen LogP contribution >= 0.6 is 0 Å². The van der Waals surface area contributed by atoms with E-state index < -0.39 is 6.10 Å². The van der Waals surface area contributed by atoms with Crippen molar-refractivity contribution in [3.05, 3.63) is 29.3 Å². The van der Waals surface area contributed by atoms with Crippen LogP contribution in [0.4, 0.5) is 0 Å². The van der Waals surface area contributed by atoms with E-state index in [1.54, 1.807) is 0 Å². The van der Waals surface area contributed by atoms with Crippen molar-refractivity contribution in [3.8, 4) is 5.75 Å². The highest BCUT2D eigenvalue weighted by atomic mass is 16.5. The van der Waals surface area contributed by atoms with Crippen LogP contribution in [-0.4, -0.2) is 12.0 Å². The van der Waals surface area contributed by atoms with Crippen molar-refractivity contribution in [2.45, 2.75) is 52.6 Å². The highest BCUT2D eigenvalue weighted by Gasteiger charge is 2.18. The summed E-state index contributed by atoms with van der Waals surface area (Å²) in [5.41, 5.74) is 4.49. The molecule has 0 radical (unpaired) electrons. The number of rotatable bonds is 6. The van der Waals surface area contributed by atoms with Crippen LogP contribution in [0.3, 0.4) is 0 Å². The van der Waals surface area contributed by atoms with E-state index in [-0.39, 0.29) is 5.91 Å². The lowest BCUT2D eigenvalue weighted by atomic mass is 10.0. The monoisotopic (exact) mass is 264 g/mol. The molecule has 0 saturated carbocycles. The van der Waals surface area contributed by atoms with Crippen LogP contribution in [0.2, 0.25) is 0 Å². The maximum absolute atomic E-state index is 11.6. The van der Waals surface area contributed by atoms with Crippen LogP contribution in [0.1, 0.15) is 50.7 Å². The Morgan fingerprint density at radius 3 is 2.58 bits per heavy atom. The minimum Gasteiger partial charge on any atom is -0.481 e. The van der Waals surface area contributed by atoms with Gasteiger partial charge in [0.15, 0.2) is 6.10 Å². The number of amides is 1. The smallest absolute Gasteiger partial charge is 0.274 e. The van der Waals surface area contributed by atoms with Crippen LogP contribution in [0.25, 0.3) is 0 Å². The average Bonchev–Trinajstić information content (AvgIpc) is 2.36. The van der Waals surface area contributed by atoms with E-state index in [1.807, 2.05) is 26.0 Å². The summed E-state index contributed by atoms with van der Waals surface area (Å²) in [5.74, 6) is 6.06. The molecule has 1 aromatic carbocycles. The maximum Gasteiger partial charge on any atom is 0.274 e. The van der Waals surface area contributed by atoms with Gasteiger partial charge in [-0.1, -0.05) is 33.3 Å². The average molecular weight is 264 g/mol. The van der Waals surface area contributed by atoms with Gasteiger partial charge in [-0.15, -0.1) is 0 Å². The number of ether oxygens (including phenoxy) is 1. The second-order valence-corrected chi connectivity index (χ2v) is 5.14. The third-order valence-electron chi connectivity index (χ3n) is 3.00. The summed E-state index contributed by atoms with van der Waals surface area (Å²) in [4.78, 5) is 11.6. The molecule has 1 aromatic rings. The number of nitrogens with one attached hydrogen (secondary N) is 1. The van der Waals surface area contributed by atoms with Gasteiger partial charge in [0.1, 0.15) is 5.75 Å². The Morgan fingerprint density at radius 2 is 2.05 bits per heavy atom. The van der Waals surface area contributed by atoms with Gasteiger partial charge >= 0.3 is 0 Å². The Labute approximate surface area is 115 Å². The summed E-state index contributed by atoms with van der Waals surface area (Å²) in [5, 5.41) is 0. The zero-order valence-corrected chi connectivity index (χ0v) is 12.2. The fraction of sp³-hybridized carbons (Fsp3) is 0.533. The Bertz CT molecular complexity index is 430. The van der Waals surface area contributed by atoms with Crippen LogP contribution in [0.15, 0.2) is 18.2 Å². The molecule has 1 amide bonds. The summed E-state index contributed by atoms with van der Waals surface area (Å²) < 4.78 is 5.79. The van der Waals surface area contributed by atoms with Crippen molar-refractivity contribution >= 4 is 5.91 Å². The Hall–Kier alpha value is -1.55. The molecule has 0 saturated heterocycles. The molecule has 106 valence electrons. The fourth-order valence-corrected chi connectivity index (χ4v) is 1.94. The van der Waals surface area contributed by atoms with Crippen molar-refractivity contribution < 1.29 is 9.53 Å². The van der Waals surface area contributed by atoms with Crippen LogP contribution in [0.5, 0.6) is 5.75 Å². The van der Waals surface area contributed by atoms with Gasteiger partial charge in [0.25, 0.3) is 5.91 Å². The molecule has 0 heterocycles. The highest BCUT2D eigenvalue weighted by Crippen LogP contribution is 2.24. The van der Waals surface area contributed by atoms with Gasteiger partial charge in [0, 0.05) is 0 Å². The SMILES string of the molecule is CCCC(Oc1cc(C)cc(C(C)C)c1)C(=O)NN. The van der Waals surface area contributed by atoms with E-state index >= 15 is 0 Å². The number of nitrogens with two attached hydrogens (primary N) is 1. The van der Waals surface area contributed by atoms with Crippen LogP contribution in [-0.2, 0) is 4.79 Å². The second kappa shape index (κ2) is 7.14. The topological polar surface area (TPSA) is 64.3 Å². The van der Waals surface area contributed by atoms with Gasteiger partial charge < -0.3 is 4.74 Å². The molecule has 0 bridgehead atoms. The van der Waals surface area contributed by atoms with Gasteiger partial charge in [0.05, 0.1) is 0 Å². The standard InChI is InChI=1S/C15H24N2O2/c1-5-6-14(15(18)17-16)19-13-8-11(4)7-12(9-13)10(2)3/h7-10,14H,5-6,16H2,1-4H3,(H,17,18). The molecular weight excluding hydrogens is 240 g/mol. The predicted octanol–water partition coefficient (Wildman–Crippen LogP) is 2.66. The van der Waals surface area contributed by atoms with Crippen molar-refractivity contribution in [1.29, 1.82) is 0 Å². The molecule has 0 aromatic heterocycles. The highest BCUT2D eigenvalue weighted by molar-refractivity contribution is 5.80. The lowest BCUT2D eigenvalue weighted by Crippen LogP contribution is -2.42. The minimum atomic E-state index is -0.531. The zero-order chi connectivity index (χ0) is 14.4. The number of carbonyl (C=O) groups excluding carboxylic acids is 1. The van der Waals surface area contributed by atoms with E-state index in [4.69, 9.17) is 10.6 Å². The molecular formula is C15H24N2O2. The molecule has 0 fully saturated rings. The first-order valence-corrected chi connectivity index (χ1v) is 6.76. The maximum atomic E-state index is 11.6. The van der Waals surface area contributed by atoms with Crippen molar-refractivity contribution in [2.75, 3.05) is 0 Å². The zero-order valence-electron chi connectivity index (χ0n) is 12.2. The molecule has 0 spiro atoms. The molecule has 1 unspecified atom stereocenters. The number of hydrazine groups is 1. The Morgan fingerprint density at radius 1 is 1.37 bits per heavy atom. The molecule has 0 aliphatic carbocycles. The largest absolute Gasteiger partial charge is 0.481 e. The molecule has 3 N–H and O–H groups in total. The molecule has 19 heavy (non-hydrogen) atoms. The van der Waals surface area contributed by atoms with Gasteiger partial charge in [-0.05, 0) is 42.5 Å². The van der Waals surface area contributed by atoms with Gasteiger partial charge in [-0.3, -0.25) is 10.2 Å². The number of carbonyl (C=O) groups is 1. The van der Waals surface area contributed by atoms with E-state index in [0.717, 1.165) is 17.7 Å². The fourth-order valence-electron chi connectivity index (χ4n) is 1.94. The van der Waals surface area contributed by atoms with Crippen molar-refractivity contribution in [3.63, 3.8) is 0 Å². The summed E-state index contributed by atoms with van der Waals surface area (Å²) in [6, 6.07) is 6.07. The predicted molar refractivity (Wildman–Crippen MR) is 76.9 cm³/mol. The van der Waals surface area contributed by atoms with Gasteiger partial charge in [-0.2, -0.15) is 0 Å². The molecule has 1 atom stereocenters. The van der Waals surface area contributed by atoms with Gasteiger partial charge in [0.2, 0.25) is 0 Å². The molecule has 0 aliphatic heterocycles. The quantitative estimate of drug-likeness (QED) is 0.471. The molecule has 0 aliphatic rings. The summed E-state index contributed by atoms with van der Waals surface area (Å²) in [6.07, 6.45) is 0.978. The van der Waals surface area contributed by atoms with E-state index in [1.165, 1.54) is 5.56 Å². The summed E-state index contributed by atoms with van der Waals surface area (Å²) in [7, 11) is 0. The first-order valence-electron chi connectivity index (χ1n) is 6.76. The van der Waals surface area contributed by atoms with Crippen LogP contribution < -0.4 is 16.0 Å². The lowest BCUT2D eigenvalue weighted by Gasteiger charge is -2.18. The summed E-state index contributed by atoms with van der Waals surface area (Å²) >= 11 is 0. The minimum absolute atomic E-state index is 0.283. The normalized spacial score (nSPS) is 12.3. The Balaban J connectivity index is 2.92. The number of hydrogen-bond donors (Lipinski definition) is 2. The van der Waals surface area contributed by atoms with E-state index in [0.29, 0.717) is 12.3 Å². The van der Waals surface area contributed by atoms with E-state index in [9.17, 15) is 4.79 Å². The van der Waals surface area contributed by atoms with Crippen molar-refractivity contribution in [1.82, 2.24) is 5.43 Å². The molecule has 4 nitrogen and oxygen atoms in total. The summed E-state index contributed by atoms with van der Waals surface area (Å²) in [6.45, 7) is 8.30. The van der Waals surface area contributed by atoms with Gasteiger partial charge in [-0.25, -0.2) is 5.84 Å². The third kappa shape index (κ3) is 4.56. The third-order valence-corrected chi connectivity index (χ3v) is 3.00. The lowest BCUT2D eigenvalue weighted by molar-refractivity contribution is -0.128. The number of aryl methyl sites for hydroxylation is 1. The van der Waals surface area contributed by atoms with Crippen LogP contribution in [0, 0.1) is 6.92 Å².